The van der Waals surface area contributed by atoms with Gasteiger partial charge in [0.05, 0.1) is 5.56 Å². The molecular weight excluding hydrogens is 342 g/mol. The Labute approximate surface area is 147 Å². The van der Waals surface area contributed by atoms with Crippen molar-refractivity contribution in [2.45, 2.75) is 13.8 Å². The molecule has 0 atom stereocenters. The number of hydrogen-bond donors (Lipinski definition) is 1. The lowest BCUT2D eigenvalue weighted by Gasteiger charge is -2.03. The number of thiophene rings is 1. The van der Waals surface area contributed by atoms with Gasteiger partial charge in [0.2, 0.25) is 5.89 Å². The number of aromatic nitrogens is 2. The van der Waals surface area contributed by atoms with Gasteiger partial charge in [-0.1, -0.05) is 23.3 Å². The van der Waals surface area contributed by atoms with Crippen LogP contribution in [0.4, 0.5) is 6.01 Å². The Bertz CT molecular complexity index is 902. The molecule has 2 heterocycles. The number of nitrogens with one attached hydrogen (secondary N) is 1. The van der Waals surface area contributed by atoms with E-state index >= 15 is 0 Å². The van der Waals surface area contributed by atoms with Gasteiger partial charge in [-0.15, -0.1) is 16.4 Å². The molecule has 0 fully saturated rings. The lowest BCUT2D eigenvalue weighted by Crippen LogP contribution is -2.21. The van der Waals surface area contributed by atoms with Crippen molar-refractivity contribution in [2.75, 3.05) is 11.9 Å². The van der Waals surface area contributed by atoms with Gasteiger partial charge in [0.1, 0.15) is 0 Å². The van der Waals surface area contributed by atoms with Crippen LogP contribution in [0, 0.1) is 13.8 Å². The van der Waals surface area contributed by atoms with Crippen LogP contribution < -0.4 is 5.32 Å². The fourth-order valence-electron chi connectivity index (χ4n) is 2.17. The predicted molar refractivity (Wildman–Crippen MR) is 92.4 cm³/mol. The van der Waals surface area contributed by atoms with Gasteiger partial charge in [0.15, 0.2) is 6.61 Å². The van der Waals surface area contributed by atoms with Crippen LogP contribution in [0.1, 0.15) is 20.1 Å². The number of hydrogen-bond acceptors (Lipinski definition) is 7. The van der Waals surface area contributed by atoms with Gasteiger partial charge >= 0.3 is 12.0 Å². The molecule has 8 heteroatoms. The molecule has 0 bridgehead atoms. The minimum atomic E-state index is -0.554. The third-order valence-electron chi connectivity index (χ3n) is 3.29. The van der Waals surface area contributed by atoms with Gasteiger partial charge in [0, 0.05) is 15.3 Å². The Morgan fingerprint density at radius 2 is 1.96 bits per heavy atom. The fourth-order valence-corrected chi connectivity index (χ4v) is 3.08. The van der Waals surface area contributed by atoms with E-state index in [9.17, 15) is 9.59 Å². The van der Waals surface area contributed by atoms with Crippen LogP contribution in [-0.2, 0) is 9.53 Å². The van der Waals surface area contributed by atoms with E-state index in [0.717, 1.165) is 15.3 Å². The lowest BCUT2D eigenvalue weighted by molar-refractivity contribution is -0.119. The van der Waals surface area contributed by atoms with Crippen molar-refractivity contribution in [1.29, 1.82) is 0 Å². The molecule has 3 rings (SSSR count). The SMILES string of the molecule is Cc1cc(C(=O)OCC(=O)Nc2nnc(-c3ccccc3)o2)c(C)s1. The highest BCUT2D eigenvalue weighted by molar-refractivity contribution is 7.12. The summed E-state index contributed by atoms with van der Waals surface area (Å²) in [5.74, 6) is -0.800. The summed E-state index contributed by atoms with van der Waals surface area (Å²) in [7, 11) is 0. The molecule has 0 unspecified atom stereocenters. The van der Waals surface area contributed by atoms with Crippen molar-refractivity contribution >= 4 is 29.2 Å². The van der Waals surface area contributed by atoms with E-state index in [4.69, 9.17) is 9.15 Å². The number of carbonyl (C=O) groups is 2. The molecule has 25 heavy (non-hydrogen) atoms. The maximum absolute atomic E-state index is 12.0. The number of amides is 1. The van der Waals surface area contributed by atoms with Crippen molar-refractivity contribution < 1.29 is 18.7 Å². The van der Waals surface area contributed by atoms with Crippen LogP contribution in [0.2, 0.25) is 0 Å². The van der Waals surface area contributed by atoms with Crippen LogP contribution in [-0.4, -0.2) is 28.7 Å². The summed E-state index contributed by atoms with van der Waals surface area (Å²) in [5, 5.41) is 10.0. The first kappa shape index (κ1) is 16.8. The molecule has 0 aliphatic rings. The average Bonchev–Trinajstić information content (AvgIpc) is 3.19. The molecule has 0 aliphatic heterocycles. The minimum absolute atomic E-state index is 0.0533. The zero-order valence-corrected chi connectivity index (χ0v) is 14.4. The number of ether oxygens (including phenoxy) is 1. The Morgan fingerprint density at radius 1 is 1.20 bits per heavy atom. The van der Waals surface area contributed by atoms with E-state index in [-0.39, 0.29) is 11.9 Å². The molecule has 1 aromatic carbocycles. The zero-order chi connectivity index (χ0) is 17.8. The van der Waals surface area contributed by atoms with Crippen molar-refractivity contribution in [3.63, 3.8) is 0 Å². The minimum Gasteiger partial charge on any atom is -0.452 e. The van der Waals surface area contributed by atoms with Crippen LogP contribution in [0.5, 0.6) is 0 Å². The molecule has 3 aromatic rings. The predicted octanol–water partition coefficient (Wildman–Crippen LogP) is 3.21. The molecule has 7 nitrogen and oxygen atoms in total. The summed E-state index contributed by atoms with van der Waals surface area (Å²) in [6.45, 7) is 3.30. The maximum Gasteiger partial charge on any atom is 0.339 e. The van der Waals surface area contributed by atoms with Crippen molar-refractivity contribution in [2.24, 2.45) is 0 Å². The van der Waals surface area contributed by atoms with Crippen LogP contribution in [0.25, 0.3) is 11.5 Å². The number of rotatable bonds is 5. The summed E-state index contributed by atoms with van der Waals surface area (Å²) < 4.78 is 10.4. The lowest BCUT2D eigenvalue weighted by atomic mass is 10.2. The smallest absolute Gasteiger partial charge is 0.339 e. The Morgan fingerprint density at radius 3 is 2.64 bits per heavy atom. The monoisotopic (exact) mass is 357 g/mol. The Hall–Kier alpha value is -3.00. The van der Waals surface area contributed by atoms with Gasteiger partial charge in [-0.2, -0.15) is 0 Å². The molecule has 1 N–H and O–H groups in total. The average molecular weight is 357 g/mol. The van der Waals surface area contributed by atoms with E-state index in [1.807, 2.05) is 44.2 Å². The molecule has 128 valence electrons. The van der Waals surface area contributed by atoms with Crippen LogP contribution in [0.3, 0.4) is 0 Å². The highest BCUT2D eigenvalue weighted by atomic mass is 32.1. The van der Waals surface area contributed by atoms with Gasteiger partial charge < -0.3 is 9.15 Å². The molecular formula is C17H15N3O4S. The number of esters is 1. The second-order valence-electron chi connectivity index (χ2n) is 5.23. The van der Waals surface area contributed by atoms with Crippen molar-refractivity contribution in [3.05, 3.63) is 51.7 Å². The van der Waals surface area contributed by atoms with E-state index in [1.54, 1.807) is 6.07 Å². The molecule has 0 aliphatic carbocycles. The fraction of sp³-hybridized carbons (Fsp3) is 0.176. The Balaban J connectivity index is 1.55. The van der Waals surface area contributed by atoms with Crippen molar-refractivity contribution in [1.82, 2.24) is 10.2 Å². The summed E-state index contributed by atoms with van der Waals surface area (Å²) in [4.78, 5) is 25.7. The van der Waals surface area contributed by atoms with E-state index in [1.165, 1.54) is 11.3 Å². The second-order valence-corrected chi connectivity index (χ2v) is 6.69. The van der Waals surface area contributed by atoms with Gasteiger partial charge in [-0.25, -0.2) is 4.79 Å². The molecule has 0 saturated carbocycles. The molecule has 0 spiro atoms. The van der Waals surface area contributed by atoms with Gasteiger partial charge in [0.25, 0.3) is 5.91 Å². The maximum atomic E-state index is 12.0. The molecule has 0 saturated heterocycles. The van der Waals surface area contributed by atoms with E-state index in [0.29, 0.717) is 5.56 Å². The zero-order valence-electron chi connectivity index (χ0n) is 13.6. The molecule has 1 amide bonds. The first-order valence-electron chi connectivity index (χ1n) is 7.46. The summed E-state index contributed by atoms with van der Waals surface area (Å²) in [6, 6.07) is 10.9. The quantitative estimate of drug-likeness (QED) is 0.705. The van der Waals surface area contributed by atoms with Gasteiger partial charge in [-0.3, -0.25) is 10.1 Å². The van der Waals surface area contributed by atoms with E-state index in [2.05, 4.69) is 15.5 Å². The third kappa shape index (κ3) is 4.10. The largest absolute Gasteiger partial charge is 0.452 e. The molecule has 2 aromatic heterocycles. The van der Waals surface area contributed by atoms with Crippen LogP contribution >= 0.6 is 11.3 Å². The van der Waals surface area contributed by atoms with E-state index < -0.39 is 18.5 Å². The topological polar surface area (TPSA) is 94.3 Å². The normalized spacial score (nSPS) is 10.5. The number of benzene rings is 1. The first-order chi connectivity index (χ1) is 12.0. The molecule has 0 radical (unpaired) electrons. The summed E-state index contributed by atoms with van der Waals surface area (Å²) >= 11 is 1.50. The highest BCUT2D eigenvalue weighted by Crippen LogP contribution is 2.21. The number of aryl methyl sites for hydroxylation is 2. The highest BCUT2D eigenvalue weighted by Gasteiger charge is 2.16. The first-order valence-corrected chi connectivity index (χ1v) is 8.27. The Kier molecular flexibility index (Phi) is 4.90. The summed E-state index contributed by atoms with van der Waals surface area (Å²) in [6.07, 6.45) is 0. The standard InChI is InChI=1S/C17H15N3O4S/c1-10-8-13(11(2)25-10)16(22)23-9-14(21)18-17-20-19-15(24-17)12-6-4-3-5-7-12/h3-8H,9H2,1-2H3,(H,18,20,21). The summed E-state index contributed by atoms with van der Waals surface area (Å²) in [5.41, 5.74) is 1.21. The number of nitrogens with zero attached hydrogens (tertiary/aromatic N) is 2. The number of carbonyl (C=O) groups excluding carboxylic acids is 2. The van der Waals surface area contributed by atoms with Gasteiger partial charge in [-0.05, 0) is 32.0 Å². The number of anilines is 1. The third-order valence-corrected chi connectivity index (χ3v) is 4.25. The van der Waals surface area contributed by atoms with Crippen LogP contribution in [0.15, 0.2) is 40.8 Å². The van der Waals surface area contributed by atoms with Crippen molar-refractivity contribution in [3.8, 4) is 11.5 Å². The second kappa shape index (κ2) is 7.27.